The fraction of sp³-hybridized carbons (Fsp3) is 0.556. The SMILES string of the molecule is C=C(CC(=O)OC(C)(C)CCCCCC)C(=O)Nc1cnccn1. The van der Waals surface area contributed by atoms with E-state index in [4.69, 9.17) is 4.74 Å². The van der Waals surface area contributed by atoms with E-state index < -0.39 is 17.5 Å². The molecule has 1 N–H and O–H groups in total. The Morgan fingerprint density at radius 3 is 2.62 bits per heavy atom. The molecule has 0 saturated carbocycles. The van der Waals surface area contributed by atoms with Gasteiger partial charge in [-0.05, 0) is 26.7 Å². The lowest BCUT2D eigenvalue weighted by atomic mass is 10.00. The molecule has 6 heteroatoms. The zero-order chi connectivity index (χ0) is 18.0. The van der Waals surface area contributed by atoms with Gasteiger partial charge in [0, 0.05) is 18.0 Å². The van der Waals surface area contributed by atoms with Crippen molar-refractivity contribution in [3.8, 4) is 0 Å². The molecule has 0 saturated heterocycles. The van der Waals surface area contributed by atoms with E-state index >= 15 is 0 Å². The first-order chi connectivity index (χ1) is 11.3. The number of carbonyl (C=O) groups is 2. The van der Waals surface area contributed by atoms with Crippen LogP contribution in [0, 0.1) is 0 Å². The van der Waals surface area contributed by atoms with Crippen LogP contribution < -0.4 is 5.32 Å². The van der Waals surface area contributed by atoms with E-state index in [1.807, 2.05) is 13.8 Å². The second-order valence-electron chi connectivity index (χ2n) is 6.37. The molecule has 1 aromatic heterocycles. The molecular formula is C18H27N3O3. The fourth-order valence-electron chi connectivity index (χ4n) is 2.20. The molecular weight excluding hydrogens is 306 g/mol. The zero-order valence-electron chi connectivity index (χ0n) is 14.8. The summed E-state index contributed by atoms with van der Waals surface area (Å²) < 4.78 is 5.48. The molecule has 1 amide bonds. The number of esters is 1. The molecule has 0 fully saturated rings. The van der Waals surface area contributed by atoms with Gasteiger partial charge in [-0.1, -0.05) is 32.8 Å². The van der Waals surface area contributed by atoms with Crippen molar-refractivity contribution in [2.24, 2.45) is 0 Å². The van der Waals surface area contributed by atoms with Crippen molar-refractivity contribution in [2.75, 3.05) is 5.32 Å². The monoisotopic (exact) mass is 333 g/mol. The van der Waals surface area contributed by atoms with E-state index in [1.54, 1.807) is 0 Å². The van der Waals surface area contributed by atoms with Crippen LogP contribution in [-0.2, 0) is 14.3 Å². The molecule has 6 nitrogen and oxygen atoms in total. The Labute approximate surface area is 143 Å². The largest absolute Gasteiger partial charge is 0.459 e. The highest BCUT2D eigenvalue weighted by atomic mass is 16.6. The summed E-state index contributed by atoms with van der Waals surface area (Å²) in [5.41, 5.74) is -0.403. The van der Waals surface area contributed by atoms with Crippen LogP contribution in [0.25, 0.3) is 0 Å². The third-order valence-corrected chi connectivity index (χ3v) is 3.51. The minimum Gasteiger partial charge on any atom is -0.459 e. The van der Waals surface area contributed by atoms with E-state index in [1.165, 1.54) is 31.4 Å². The number of anilines is 1. The van der Waals surface area contributed by atoms with Crippen molar-refractivity contribution >= 4 is 17.7 Å². The van der Waals surface area contributed by atoms with Gasteiger partial charge >= 0.3 is 5.97 Å². The lowest BCUT2D eigenvalue weighted by Crippen LogP contribution is -2.29. The van der Waals surface area contributed by atoms with Gasteiger partial charge in [-0.15, -0.1) is 0 Å². The number of hydrogen-bond donors (Lipinski definition) is 1. The van der Waals surface area contributed by atoms with Crippen molar-refractivity contribution in [1.82, 2.24) is 9.97 Å². The summed E-state index contributed by atoms with van der Waals surface area (Å²) in [6.07, 6.45) is 9.54. The van der Waals surface area contributed by atoms with Crippen molar-refractivity contribution in [1.29, 1.82) is 0 Å². The van der Waals surface area contributed by atoms with Crippen LogP contribution in [0.5, 0.6) is 0 Å². The van der Waals surface area contributed by atoms with Gasteiger partial charge < -0.3 is 10.1 Å². The van der Waals surface area contributed by atoms with Crippen LogP contribution in [0.1, 0.15) is 59.3 Å². The number of hydrogen-bond acceptors (Lipinski definition) is 5. The summed E-state index contributed by atoms with van der Waals surface area (Å²) in [5, 5.41) is 2.54. The third-order valence-electron chi connectivity index (χ3n) is 3.51. The Morgan fingerprint density at radius 1 is 1.25 bits per heavy atom. The molecule has 1 rings (SSSR count). The van der Waals surface area contributed by atoms with E-state index in [2.05, 4.69) is 28.8 Å². The van der Waals surface area contributed by atoms with Gasteiger partial charge in [-0.25, -0.2) is 4.98 Å². The number of ether oxygens (including phenoxy) is 1. The number of aromatic nitrogens is 2. The van der Waals surface area contributed by atoms with Gasteiger partial charge in [-0.3, -0.25) is 14.6 Å². The maximum absolute atomic E-state index is 12.0. The van der Waals surface area contributed by atoms with Crippen LogP contribution >= 0.6 is 0 Å². The molecule has 0 unspecified atom stereocenters. The predicted octanol–water partition coefficient (Wildman–Crippen LogP) is 3.65. The summed E-state index contributed by atoms with van der Waals surface area (Å²) in [6.45, 7) is 9.58. The Kier molecular flexibility index (Phi) is 8.09. The van der Waals surface area contributed by atoms with Gasteiger partial charge in [-0.2, -0.15) is 0 Å². The number of amides is 1. The third kappa shape index (κ3) is 7.85. The molecule has 0 bridgehead atoms. The molecule has 132 valence electrons. The van der Waals surface area contributed by atoms with E-state index in [-0.39, 0.29) is 12.0 Å². The van der Waals surface area contributed by atoms with Crippen LogP contribution in [0.4, 0.5) is 5.82 Å². The summed E-state index contributed by atoms with van der Waals surface area (Å²) in [4.78, 5) is 31.8. The van der Waals surface area contributed by atoms with E-state index in [9.17, 15) is 9.59 Å². The maximum Gasteiger partial charge on any atom is 0.310 e. The summed E-state index contributed by atoms with van der Waals surface area (Å²) in [7, 11) is 0. The van der Waals surface area contributed by atoms with Crippen LogP contribution in [-0.4, -0.2) is 27.4 Å². The van der Waals surface area contributed by atoms with Gasteiger partial charge in [0.1, 0.15) is 5.60 Å². The highest BCUT2D eigenvalue weighted by Gasteiger charge is 2.23. The number of carbonyl (C=O) groups excluding carboxylic acids is 2. The van der Waals surface area contributed by atoms with Gasteiger partial charge in [0.05, 0.1) is 12.6 Å². The molecule has 24 heavy (non-hydrogen) atoms. The molecule has 0 aliphatic rings. The van der Waals surface area contributed by atoms with E-state index in [0.717, 1.165) is 19.3 Å². The van der Waals surface area contributed by atoms with E-state index in [0.29, 0.717) is 5.82 Å². The van der Waals surface area contributed by atoms with Crippen molar-refractivity contribution in [2.45, 2.75) is 64.9 Å². The Bertz CT molecular complexity index is 556. The second kappa shape index (κ2) is 9.80. The van der Waals surface area contributed by atoms with Gasteiger partial charge in [0.15, 0.2) is 5.82 Å². The van der Waals surface area contributed by atoms with Crippen LogP contribution in [0.2, 0.25) is 0 Å². The Morgan fingerprint density at radius 2 is 2.00 bits per heavy atom. The average molecular weight is 333 g/mol. The lowest BCUT2D eigenvalue weighted by molar-refractivity contribution is -0.156. The quantitative estimate of drug-likeness (QED) is 0.401. The standard InChI is InChI=1S/C18H27N3O3/c1-5-6-7-8-9-18(3,4)24-16(22)12-14(2)17(23)21-15-13-19-10-11-20-15/h10-11,13H,2,5-9,12H2,1,3-4H3,(H,20,21,23). The molecule has 0 radical (unpaired) electrons. The predicted molar refractivity (Wildman–Crippen MR) is 93.3 cm³/mol. The number of nitrogens with one attached hydrogen (secondary N) is 1. The average Bonchev–Trinajstić information content (AvgIpc) is 2.51. The molecule has 1 heterocycles. The van der Waals surface area contributed by atoms with Gasteiger partial charge in [0.2, 0.25) is 0 Å². The molecule has 0 aliphatic carbocycles. The van der Waals surface area contributed by atoms with Crippen molar-refractivity contribution in [3.63, 3.8) is 0 Å². The Balaban J connectivity index is 2.40. The van der Waals surface area contributed by atoms with Crippen LogP contribution in [0.15, 0.2) is 30.7 Å². The molecule has 0 spiro atoms. The summed E-state index contributed by atoms with van der Waals surface area (Å²) >= 11 is 0. The molecule has 0 aliphatic heterocycles. The molecule has 0 atom stereocenters. The zero-order valence-corrected chi connectivity index (χ0v) is 14.8. The first-order valence-electron chi connectivity index (χ1n) is 8.31. The topological polar surface area (TPSA) is 81.2 Å². The van der Waals surface area contributed by atoms with Crippen molar-refractivity contribution in [3.05, 3.63) is 30.7 Å². The maximum atomic E-state index is 12.0. The summed E-state index contributed by atoms with van der Waals surface area (Å²) in [6, 6.07) is 0. The highest BCUT2D eigenvalue weighted by Crippen LogP contribution is 2.20. The smallest absolute Gasteiger partial charge is 0.310 e. The first-order valence-corrected chi connectivity index (χ1v) is 8.31. The van der Waals surface area contributed by atoms with Gasteiger partial charge in [0.25, 0.3) is 5.91 Å². The molecule has 1 aromatic rings. The van der Waals surface area contributed by atoms with Crippen molar-refractivity contribution < 1.29 is 14.3 Å². The number of rotatable bonds is 10. The van der Waals surface area contributed by atoms with Crippen LogP contribution in [0.3, 0.4) is 0 Å². The summed E-state index contributed by atoms with van der Waals surface area (Å²) in [5.74, 6) is -0.601. The molecule has 0 aromatic carbocycles. The number of unbranched alkanes of at least 4 members (excludes halogenated alkanes) is 3. The first kappa shape index (κ1) is 19.8. The fourth-order valence-corrected chi connectivity index (χ4v) is 2.20. The minimum absolute atomic E-state index is 0.132. The number of nitrogens with zero attached hydrogens (tertiary/aromatic N) is 2. The highest BCUT2D eigenvalue weighted by molar-refractivity contribution is 6.05. The second-order valence-corrected chi connectivity index (χ2v) is 6.37. The normalized spacial score (nSPS) is 11.0. The lowest BCUT2D eigenvalue weighted by Gasteiger charge is -2.25. The Hall–Kier alpha value is -2.24. The minimum atomic E-state index is -0.535.